The number of ether oxygens (including phenoxy) is 2. The molecule has 228 valence electrons. The van der Waals surface area contributed by atoms with E-state index in [4.69, 9.17) is 9.47 Å². The quantitative estimate of drug-likeness (QED) is 0.182. The molecule has 7 nitrogen and oxygen atoms in total. The van der Waals surface area contributed by atoms with Gasteiger partial charge >= 0.3 is 12.1 Å². The standard InChI is InChI=1S/C35H34F2N2O5/c1-35(2,3)44-34(42)39-30(21-36)29-9-6-8-28(33(29)37)27-18-24(12-11-23-13-15-38-16-14-23)17-25(19-27)22-43-31-10-5-4-7-26(31)20-32(40)41/h4-19,30H,20-22H2,1-3H3,(H,39,42)(H,40,41). The van der Waals surface area contributed by atoms with Crippen LogP contribution < -0.4 is 10.1 Å². The molecule has 0 spiro atoms. The van der Waals surface area contributed by atoms with Crippen LogP contribution in [0.25, 0.3) is 23.3 Å². The second kappa shape index (κ2) is 14.4. The molecule has 3 aromatic carbocycles. The summed E-state index contributed by atoms with van der Waals surface area (Å²) in [4.78, 5) is 27.7. The van der Waals surface area contributed by atoms with Gasteiger partial charge in [-0.1, -0.05) is 48.6 Å². The van der Waals surface area contributed by atoms with Crippen LogP contribution in [0.4, 0.5) is 13.6 Å². The first-order valence-corrected chi connectivity index (χ1v) is 14.0. The summed E-state index contributed by atoms with van der Waals surface area (Å²) >= 11 is 0. The SMILES string of the molecule is CC(C)(C)OC(=O)NC(CF)c1cccc(-c2cc(C=Cc3ccncc3)cc(COc3ccccc3CC(=O)O)c2)c1F. The molecule has 1 atom stereocenters. The number of nitrogens with zero attached hydrogens (tertiary/aromatic N) is 1. The molecule has 0 fully saturated rings. The van der Waals surface area contributed by atoms with Crippen LogP contribution in [-0.2, 0) is 22.6 Å². The van der Waals surface area contributed by atoms with Crippen molar-refractivity contribution in [2.45, 2.75) is 45.4 Å². The maximum Gasteiger partial charge on any atom is 0.408 e. The summed E-state index contributed by atoms with van der Waals surface area (Å²) in [5, 5.41) is 11.7. The molecular formula is C35H34F2N2O5. The van der Waals surface area contributed by atoms with Crippen LogP contribution in [0.3, 0.4) is 0 Å². The highest BCUT2D eigenvalue weighted by Crippen LogP contribution is 2.31. The number of hydrogen-bond donors (Lipinski definition) is 2. The van der Waals surface area contributed by atoms with E-state index in [0.717, 1.165) is 11.1 Å². The van der Waals surface area contributed by atoms with Gasteiger partial charge in [0.2, 0.25) is 0 Å². The van der Waals surface area contributed by atoms with Crippen molar-refractivity contribution in [2.75, 3.05) is 6.67 Å². The summed E-state index contributed by atoms with van der Waals surface area (Å²) in [7, 11) is 0. The number of carbonyl (C=O) groups excluding carboxylic acids is 1. The van der Waals surface area contributed by atoms with Crippen LogP contribution in [0, 0.1) is 5.82 Å². The lowest BCUT2D eigenvalue weighted by atomic mass is 9.95. The number of rotatable bonds is 11. The van der Waals surface area contributed by atoms with Crippen molar-refractivity contribution in [3.05, 3.63) is 119 Å². The Balaban J connectivity index is 1.70. The van der Waals surface area contributed by atoms with Crippen molar-refractivity contribution < 1.29 is 33.0 Å². The number of carbonyl (C=O) groups is 2. The Kier molecular flexibility index (Phi) is 10.4. The molecular weight excluding hydrogens is 566 g/mol. The normalized spacial score (nSPS) is 12.1. The highest BCUT2D eigenvalue weighted by atomic mass is 19.1. The molecule has 0 saturated carbocycles. The molecule has 0 saturated heterocycles. The summed E-state index contributed by atoms with van der Waals surface area (Å²) in [6, 6.07) is 19.4. The number of pyridine rings is 1. The number of aliphatic carboxylic acids is 1. The fourth-order valence-corrected chi connectivity index (χ4v) is 4.53. The van der Waals surface area contributed by atoms with E-state index in [1.165, 1.54) is 6.07 Å². The van der Waals surface area contributed by atoms with Crippen molar-refractivity contribution in [2.24, 2.45) is 0 Å². The van der Waals surface area contributed by atoms with E-state index < -0.39 is 36.2 Å². The molecule has 0 radical (unpaired) electrons. The largest absolute Gasteiger partial charge is 0.489 e. The first-order valence-electron chi connectivity index (χ1n) is 14.0. The minimum atomic E-state index is -1.26. The Morgan fingerprint density at radius 1 is 0.977 bits per heavy atom. The van der Waals surface area contributed by atoms with Gasteiger partial charge in [0.15, 0.2) is 0 Å². The van der Waals surface area contributed by atoms with Gasteiger partial charge in [0, 0.05) is 29.1 Å². The van der Waals surface area contributed by atoms with Crippen LogP contribution in [0.1, 0.15) is 54.6 Å². The predicted molar refractivity (Wildman–Crippen MR) is 165 cm³/mol. The van der Waals surface area contributed by atoms with E-state index in [1.54, 1.807) is 81.7 Å². The lowest BCUT2D eigenvalue weighted by Gasteiger charge is -2.23. The van der Waals surface area contributed by atoms with E-state index in [2.05, 4.69) is 10.3 Å². The van der Waals surface area contributed by atoms with Gasteiger partial charge in [-0.05, 0) is 79.4 Å². The summed E-state index contributed by atoms with van der Waals surface area (Å²) in [6.45, 7) is 4.08. The van der Waals surface area contributed by atoms with E-state index in [9.17, 15) is 19.1 Å². The van der Waals surface area contributed by atoms with Crippen molar-refractivity contribution in [3.63, 3.8) is 0 Å². The van der Waals surface area contributed by atoms with Gasteiger partial charge in [0.05, 0.1) is 12.5 Å². The second-order valence-corrected chi connectivity index (χ2v) is 11.1. The summed E-state index contributed by atoms with van der Waals surface area (Å²) < 4.78 is 41.4. The molecule has 0 aliphatic heterocycles. The maximum atomic E-state index is 16.1. The minimum Gasteiger partial charge on any atom is -0.489 e. The molecule has 0 bridgehead atoms. The van der Waals surface area contributed by atoms with Crippen LogP contribution >= 0.6 is 0 Å². The summed E-state index contributed by atoms with van der Waals surface area (Å²) in [5.74, 6) is -1.23. The van der Waals surface area contributed by atoms with E-state index in [0.29, 0.717) is 22.4 Å². The zero-order chi connectivity index (χ0) is 31.7. The van der Waals surface area contributed by atoms with E-state index >= 15 is 4.39 Å². The summed E-state index contributed by atoms with van der Waals surface area (Å²) in [5.41, 5.74) is 2.78. The van der Waals surface area contributed by atoms with Gasteiger partial charge in [-0.15, -0.1) is 0 Å². The molecule has 44 heavy (non-hydrogen) atoms. The van der Waals surface area contributed by atoms with E-state index in [1.807, 2.05) is 30.4 Å². The van der Waals surface area contributed by atoms with Crippen LogP contribution in [0.2, 0.25) is 0 Å². The zero-order valence-corrected chi connectivity index (χ0v) is 24.7. The first-order chi connectivity index (χ1) is 21.0. The highest BCUT2D eigenvalue weighted by Gasteiger charge is 2.24. The van der Waals surface area contributed by atoms with E-state index in [-0.39, 0.29) is 24.2 Å². The third-order valence-electron chi connectivity index (χ3n) is 6.46. The number of carboxylic acid groups (broad SMARTS) is 1. The van der Waals surface area contributed by atoms with Crippen molar-refractivity contribution >= 4 is 24.2 Å². The topological polar surface area (TPSA) is 97.8 Å². The van der Waals surface area contributed by atoms with Gasteiger partial charge < -0.3 is 19.9 Å². The smallest absolute Gasteiger partial charge is 0.408 e. The molecule has 9 heteroatoms. The van der Waals surface area contributed by atoms with Gasteiger partial charge in [-0.3, -0.25) is 9.78 Å². The number of aromatic nitrogens is 1. The van der Waals surface area contributed by atoms with Crippen LogP contribution in [-0.4, -0.2) is 34.4 Å². The second-order valence-electron chi connectivity index (χ2n) is 11.1. The highest BCUT2D eigenvalue weighted by molar-refractivity contribution is 5.75. The number of benzene rings is 3. The third kappa shape index (κ3) is 8.97. The number of para-hydroxylation sites is 1. The number of alkyl halides is 1. The molecule has 4 aromatic rings. The number of amides is 1. The van der Waals surface area contributed by atoms with Crippen LogP contribution in [0.5, 0.6) is 5.75 Å². The molecule has 1 amide bonds. The van der Waals surface area contributed by atoms with Gasteiger partial charge in [0.25, 0.3) is 0 Å². The fraction of sp³-hybridized carbons (Fsp3) is 0.229. The third-order valence-corrected chi connectivity index (χ3v) is 6.46. The van der Waals surface area contributed by atoms with Crippen molar-refractivity contribution in [1.82, 2.24) is 10.3 Å². The number of nitrogens with one attached hydrogen (secondary N) is 1. The molecule has 1 aromatic heterocycles. The average Bonchev–Trinajstić information content (AvgIpc) is 2.98. The Bertz CT molecular complexity index is 1630. The number of halogens is 2. The lowest BCUT2D eigenvalue weighted by Crippen LogP contribution is -2.36. The summed E-state index contributed by atoms with van der Waals surface area (Å²) in [6.07, 6.45) is 6.08. The van der Waals surface area contributed by atoms with Gasteiger partial charge in [-0.25, -0.2) is 13.6 Å². The van der Waals surface area contributed by atoms with Gasteiger partial charge in [0.1, 0.15) is 30.4 Å². The minimum absolute atomic E-state index is 0.0195. The number of carboxylic acids is 1. The molecule has 0 aliphatic rings. The maximum absolute atomic E-state index is 16.1. The van der Waals surface area contributed by atoms with Crippen LogP contribution in [0.15, 0.2) is 85.2 Å². The zero-order valence-electron chi connectivity index (χ0n) is 24.7. The average molecular weight is 601 g/mol. The number of hydrogen-bond acceptors (Lipinski definition) is 5. The fourth-order valence-electron chi connectivity index (χ4n) is 4.53. The van der Waals surface area contributed by atoms with Gasteiger partial charge in [-0.2, -0.15) is 0 Å². The first kappa shape index (κ1) is 31.9. The lowest BCUT2D eigenvalue weighted by molar-refractivity contribution is -0.136. The molecule has 1 heterocycles. The Morgan fingerprint density at radius 3 is 2.41 bits per heavy atom. The Morgan fingerprint density at radius 2 is 1.70 bits per heavy atom. The monoisotopic (exact) mass is 600 g/mol. The number of alkyl carbamates (subject to hydrolysis) is 1. The molecule has 4 rings (SSSR count). The predicted octanol–water partition coefficient (Wildman–Crippen LogP) is 7.80. The Hall–Kier alpha value is -5.05. The van der Waals surface area contributed by atoms with Crippen molar-refractivity contribution in [3.8, 4) is 16.9 Å². The molecule has 2 N–H and O–H groups in total. The molecule has 1 unspecified atom stereocenters. The Labute approximate surface area is 255 Å². The molecule has 0 aliphatic carbocycles. The van der Waals surface area contributed by atoms with Crippen molar-refractivity contribution in [1.29, 1.82) is 0 Å².